The molecule has 0 aliphatic rings. The Morgan fingerprint density at radius 3 is 1.41 bits per heavy atom. The molecule has 0 amide bonds. The first-order valence-electron chi connectivity index (χ1n) is 6.85. The van der Waals surface area contributed by atoms with Gasteiger partial charge in [0.25, 0.3) is 0 Å². The Balaban J connectivity index is 3.29. The number of hydrogen-bond donors (Lipinski definition) is 0. The van der Waals surface area contributed by atoms with E-state index in [4.69, 9.17) is 0 Å². The van der Waals surface area contributed by atoms with Crippen molar-refractivity contribution < 1.29 is 0 Å². The molecule has 0 unspecified atom stereocenters. The number of hydrogen-bond acceptors (Lipinski definition) is 0. The average molecular weight is 232 g/mol. The van der Waals surface area contributed by atoms with E-state index in [-0.39, 0.29) is 10.8 Å². The lowest BCUT2D eigenvalue weighted by atomic mass is 9.76. The lowest BCUT2D eigenvalue weighted by molar-refractivity contribution is 0.488. The molecule has 0 aromatic heterocycles. The summed E-state index contributed by atoms with van der Waals surface area (Å²) in [5.74, 6) is 0. The van der Waals surface area contributed by atoms with E-state index in [2.05, 4.69) is 66.7 Å². The lowest BCUT2D eigenvalue weighted by Crippen LogP contribution is -2.20. The van der Waals surface area contributed by atoms with Gasteiger partial charge in [-0.2, -0.15) is 0 Å². The summed E-state index contributed by atoms with van der Waals surface area (Å²) in [6.45, 7) is 16.1. The standard InChI is InChI=1S/C17H28/c1-8-16(4,5)14-10-13(3)11-15(12-14)17(6,7)9-2/h10-12H,8-9H2,1-7H3. The Morgan fingerprint density at radius 1 is 0.765 bits per heavy atom. The Hall–Kier alpha value is -0.780. The lowest BCUT2D eigenvalue weighted by Gasteiger charge is -2.29. The zero-order chi connectivity index (χ0) is 13.3. The van der Waals surface area contributed by atoms with Crippen LogP contribution in [0.2, 0.25) is 0 Å². The molecule has 0 radical (unpaired) electrons. The van der Waals surface area contributed by atoms with E-state index in [0.29, 0.717) is 0 Å². The van der Waals surface area contributed by atoms with E-state index in [1.807, 2.05) is 0 Å². The molecule has 0 heterocycles. The second kappa shape index (κ2) is 4.84. The highest BCUT2D eigenvalue weighted by molar-refractivity contribution is 5.37. The van der Waals surface area contributed by atoms with Crippen LogP contribution in [-0.2, 0) is 10.8 Å². The van der Waals surface area contributed by atoms with Crippen molar-refractivity contribution in [2.75, 3.05) is 0 Å². The Bertz CT molecular complexity index is 349. The van der Waals surface area contributed by atoms with Crippen molar-refractivity contribution in [2.24, 2.45) is 0 Å². The SMILES string of the molecule is CCC(C)(C)c1cc(C)cc(C(C)(C)CC)c1. The Kier molecular flexibility index (Phi) is 4.06. The molecule has 1 aromatic rings. The highest BCUT2D eigenvalue weighted by atomic mass is 14.3. The summed E-state index contributed by atoms with van der Waals surface area (Å²) in [5, 5.41) is 0. The number of aryl methyl sites for hydroxylation is 1. The second-order valence-corrected chi connectivity index (χ2v) is 6.56. The van der Waals surface area contributed by atoms with E-state index in [1.54, 1.807) is 0 Å². The zero-order valence-electron chi connectivity index (χ0n) is 12.6. The maximum Gasteiger partial charge on any atom is -0.0106 e. The van der Waals surface area contributed by atoms with Crippen LogP contribution >= 0.6 is 0 Å². The van der Waals surface area contributed by atoms with Crippen LogP contribution in [0.3, 0.4) is 0 Å². The topological polar surface area (TPSA) is 0 Å². The average Bonchev–Trinajstić information content (AvgIpc) is 2.28. The molecule has 1 rings (SSSR count). The molecule has 0 saturated carbocycles. The quantitative estimate of drug-likeness (QED) is 0.654. The molecule has 0 bridgehead atoms. The summed E-state index contributed by atoms with van der Waals surface area (Å²) < 4.78 is 0. The van der Waals surface area contributed by atoms with Crippen molar-refractivity contribution in [1.82, 2.24) is 0 Å². The van der Waals surface area contributed by atoms with Gasteiger partial charge in [0.05, 0.1) is 0 Å². The minimum Gasteiger partial charge on any atom is -0.0646 e. The van der Waals surface area contributed by atoms with E-state index >= 15 is 0 Å². The maximum absolute atomic E-state index is 2.42. The fraction of sp³-hybridized carbons (Fsp3) is 0.647. The molecule has 96 valence electrons. The molecule has 0 spiro atoms. The van der Waals surface area contributed by atoms with Crippen molar-refractivity contribution in [3.63, 3.8) is 0 Å². The van der Waals surface area contributed by atoms with Crippen molar-refractivity contribution in [3.05, 3.63) is 34.9 Å². The zero-order valence-corrected chi connectivity index (χ0v) is 12.6. The third-order valence-electron chi connectivity index (χ3n) is 4.41. The predicted molar refractivity (Wildman–Crippen MR) is 77.8 cm³/mol. The van der Waals surface area contributed by atoms with Gasteiger partial charge in [0.15, 0.2) is 0 Å². The molecule has 0 atom stereocenters. The molecule has 17 heavy (non-hydrogen) atoms. The maximum atomic E-state index is 2.42. The molecule has 0 fully saturated rings. The molecule has 0 saturated heterocycles. The molecule has 1 aromatic carbocycles. The number of benzene rings is 1. The van der Waals surface area contributed by atoms with E-state index in [0.717, 1.165) is 0 Å². The first kappa shape index (κ1) is 14.3. The fourth-order valence-electron chi connectivity index (χ4n) is 1.97. The van der Waals surface area contributed by atoms with Crippen LogP contribution < -0.4 is 0 Å². The smallest absolute Gasteiger partial charge is 0.0106 e. The van der Waals surface area contributed by atoms with E-state index < -0.39 is 0 Å². The number of rotatable bonds is 4. The van der Waals surface area contributed by atoms with Crippen LogP contribution in [0.1, 0.15) is 71.1 Å². The van der Waals surface area contributed by atoms with Crippen LogP contribution in [-0.4, -0.2) is 0 Å². The van der Waals surface area contributed by atoms with Gasteiger partial charge in [0.2, 0.25) is 0 Å². The van der Waals surface area contributed by atoms with E-state index in [1.165, 1.54) is 29.5 Å². The second-order valence-electron chi connectivity index (χ2n) is 6.56. The third-order valence-corrected chi connectivity index (χ3v) is 4.41. The third kappa shape index (κ3) is 3.12. The summed E-state index contributed by atoms with van der Waals surface area (Å²) in [4.78, 5) is 0. The monoisotopic (exact) mass is 232 g/mol. The highest BCUT2D eigenvalue weighted by Crippen LogP contribution is 2.33. The largest absolute Gasteiger partial charge is 0.0646 e. The van der Waals surface area contributed by atoms with Crippen LogP contribution in [0, 0.1) is 6.92 Å². The van der Waals surface area contributed by atoms with Gasteiger partial charge < -0.3 is 0 Å². The van der Waals surface area contributed by atoms with Crippen molar-refractivity contribution >= 4 is 0 Å². The Labute approximate surface area is 107 Å². The normalized spacial score (nSPS) is 12.9. The highest BCUT2D eigenvalue weighted by Gasteiger charge is 2.23. The van der Waals surface area contributed by atoms with Gasteiger partial charge in [-0.25, -0.2) is 0 Å². The van der Waals surface area contributed by atoms with Crippen LogP contribution in [0.25, 0.3) is 0 Å². The first-order chi connectivity index (χ1) is 7.73. The van der Waals surface area contributed by atoms with Gasteiger partial charge in [0, 0.05) is 0 Å². The molecule has 0 nitrogen and oxygen atoms in total. The molecular weight excluding hydrogens is 204 g/mol. The van der Waals surface area contributed by atoms with Crippen LogP contribution in [0.15, 0.2) is 18.2 Å². The van der Waals surface area contributed by atoms with E-state index in [9.17, 15) is 0 Å². The molecule has 0 aliphatic carbocycles. The first-order valence-corrected chi connectivity index (χ1v) is 6.85. The van der Waals surface area contributed by atoms with Gasteiger partial charge in [-0.05, 0) is 41.7 Å². The molecule has 0 N–H and O–H groups in total. The molecule has 0 aliphatic heterocycles. The van der Waals surface area contributed by atoms with Gasteiger partial charge in [-0.3, -0.25) is 0 Å². The fourth-order valence-corrected chi connectivity index (χ4v) is 1.97. The Morgan fingerprint density at radius 2 is 1.12 bits per heavy atom. The summed E-state index contributed by atoms with van der Waals surface area (Å²) in [6.07, 6.45) is 2.37. The van der Waals surface area contributed by atoms with Crippen molar-refractivity contribution in [3.8, 4) is 0 Å². The summed E-state index contributed by atoms with van der Waals surface area (Å²) >= 11 is 0. The minimum absolute atomic E-state index is 0.282. The van der Waals surface area contributed by atoms with Gasteiger partial charge in [-0.1, -0.05) is 65.3 Å². The molecular formula is C17H28. The van der Waals surface area contributed by atoms with Crippen LogP contribution in [0.5, 0.6) is 0 Å². The summed E-state index contributed by atoms with van der Waals surface area (Å²) in [6, 6.07) is 7.11. The minimum atomic E-state index is 0.282. The van der Waals surface area contributed by atoms with Crippen molar-refractivity contribution in [2.45, 2.75) is 72.1 Å². The van der Waals surface area contributed by atoms with Gasteiger partial charge in [-0.15, -0.1) is 0 Å². The van der Waals surface area contributed by atoms with Crippen molar-refractivity contribution in [1.29, 1.82) is 0 Å². The molecule has 0 heteroatoms. The summed E-state index contributed by atoms with van der Waals surface area (Å²) in [5.41, 5.74) is 4.92. The van der Waals surface area contributed by atoms with Crippen LogP contribution in [0.4, 0.5) is 0 Å². The van der Waals surface area contributed by atoms with Gasteiger partial charge in [0.1, 0.15) is 0 Å². The predicted octanol–water partition coefficient (Wildman–Crippen LogP) is 5.37. The van der Waals surface area contributed by atoms with Gasteiger partial charge >= 0.3 is 0 Å². The summed E-state index contributed by atoms with van der Waals surface area (Å²) in [7, 11) is 0.